The van der Waals surface area contributed by atoms with Crippen LogP contribution in [0.4, 0.5) is 0 Å². The highest BCUT2D eigenvalue weighted by Crippen LogP contribution is 2.10. The molecule has 1 rings (SSSR count). The second-order valence-corrected chi connectivity index (χ2v) is 2.44. The summed E-state index contributed by atoms with van der Waals surface area (Å²) in [6.45, 7) is 0.220. The average Bonchev–Trinajstić information content (AvgIpc) is 2.13. The molecule has 0 aromatic rings. The first kappa shape index (κ1) is 11.3. The molecule has 1 aliphatic rings. The normalized spacial score (nSPS) is 32.5. The van der Waals surface area contributed by atoms with E-state index in [1.807, 2.05) is 0 Å². The maximum absolute atomic E-state index is 8.90. The molecule has 0 aliphatic carbocycles. The predicted molar refractivity (Wildman–Crippen MR) is 42.1 cm³/mol. The van der Waals surface area contributed by atoms with Crippen molar-refractivity contribution in [2.24, 2.45) is 0 Å². The molecule has 0 aromatic carbocycles. The molecular weight excluding hydrogens is 218 g/mol. The Morgan fingerprint density at radius 2 is 1.45 bits per heavy atom. The van der Waals surface area contributed by atoms with E-state index >= 15 is 0 Å². The third kappa shape index (κ3) is 2.66. The number of aliphatic hydroxyl groups excluding tert-OH is 3. The van der Waals surface area contributed by atoms with Crippen molar-refractivity contribution in [2.45, 2.75) is 18.6 Å². The smallest absolute Gasteiger partial charge is 0.213 e. The Balaban J connectivity index is 0.000001000. The Kier molecular flexibility index (Phi) is 4.45. The Bertz CT molecular complexity index is 113. The highest BCUT2D eigenvalue weighted by atomic mass is 79.9. The SMILES string of the molecule is Br.OC1CN(C(O)O)CC1O. The zero-order valence-electron chi connectivity index (χ0n) is 5.79. The van der Waals surface area contributed by atoms with E-state index in [4.69, 9.17) is 20.4 Å². The standard InChI is InChI=1S/C5H11NO4.BrH/c7-3-1-6(5(9)10)2-4(3)8;/h3-5,7-10H,1-2H2;1H. The number of hydrogen-bond acceptors (Lipinski definition) is 5. The fourth-order valence-corrected chi connectivity index (χ4v) is 0.987. The zero-order valence-corrected chi connectivity index (χ0v) is 7.50. The van der Waals surface area contributed by atoms with E-state index in [1.54, 1.807) is 0 Å². The van der Waals surface area contributed by atoms with Gasteiger partial charge in [-0.25, -0.2) is 0 Å². The van der Waals surface area contributed by atoms with Crippen LogP contribution in [0.3, 0.4) is 0 Å². The molecule has 1 fully saturated rings. The summed E-state index contributed by atoms with van der Waals surface area (Å²) in [5.74, 6) is 0. The summed E-state index contributed by atoms with van der Waals surface area (Å²) < 4.78 is 0. The molecule has 0 bridgehead atoms. The first-order chi connectivity index (χ1) is 4.61. The topological polar surface area (TPSA) is 84.2 Å². The minimum absolute atomic E-state index is 0. The van der Waals surface area contributed by atoms with E-state index in [1.165, 1.54) is 4.90 Å². The molecule has 6 heteroatoms. The maximum Gasteiger partial charge on any atom is 0.213 e. The molecule has 0 aromatic heterocycles. The number of rotatable bonds is 1. The lowest BCUT2D eigenvalue weighted by molar-refractivity contribution is -0.149. The van der Waals surface area contributed by atoms with E-state index in [-0.39, 0.29) is 30.1 Å². The van der Waals surface area contributed by atoms with Crippen molar-refractivity contribution in [3.8, 4) is 0 Å². The van der Waals surface area contributed by atoms with Crippen molar-refractivity contribution < 1.29 is 20.4 Å². The largest absolute Gasteiger partial charge is 0.389 e. The van der Waals surface area contributed by atoms with Gasteiger partial charge in [0.25, 0.3) is 0 Å². The van der Waals surface area contributed by atoms with Crippen molar-refractivity contribution in [1.82, 2.24) is 4.90 Å². The Hall–Kier alpha value is 0.280. The van der Waals surface area contributed by atoms with Gasteiger partial charge in [0.05, 0.1) is 12.2 Å². The van der Waals surface area contributed by atoms with Crippen LogP contribution in [0.25, 0.3) is 0 Å². The summed E-state index contributed by atoms with van der Waals surface area (Å²) in [4.78, 5) is 1.18. The summed E-state index contributed by atoms with van der Waals surface area (Å²) in [6, 6.07) is 0. The molecule has 4 N–H and O–H groups in total. The quantitative estimate of drug-likeness (QED) is 0.387. The van der Waals surface area contributed by atoms with Gasteiger partial charge in [0.15, 0.2) is 0 Å². The average molecular weight is 230 g/mol. The van der Waals surface area contributed by atoms with Gasteiger partial charge in [0.1, 0.15) is 0 Å². The van der Waals surface area contributed by atoms with Crippen LogP contribution in [0.5, 0.6) is 0 Å². The molecule has 68 valence electrons. The third-order valence-electron chi connectivity index (χ3n) is 1.61. The van der Waals surface area contributed by atoms with E-state index in [9.17, 15) is 0 Å². The third-order valence-corrected chi connectivity index (χ3v) is 1.61. The lowest BCUT2D eigenvalue weighted by Crippen LogP contribution is -2.33. The number of aliphatic hydroxyl groups is 4. The molecule has 1 aliphatic heterocycles. The highest BCUT2D eigenvalue weighted by molar-refractivity contribution is 8.93. The maximum atomic E-state index is 8.90. The van der Waals surface area contributed by atoms with Crippen LogP contribution in [0, 0.1) is 0 Å². The fraction of sp³-hybridized carbons (Fsp3) is 1.00. The Labute approximate surface area is 74.6 Å². The van der Waals surface area contributed by atoms with E-state index < -0.39 is 18.6 Å². The first-order valence-corrected chi connectivity index (χ1v) is 3.07. The molecule has 11 heavy (non-hydrogen) atoms. The Morgan fingerprint density at radius 1 is 1.09 bits per heavy atom. The molecule has 0 saturated carbocycles. The molecule has 2 unspecified atom stereocenters. The van der Waals surface area contributed by atoms with Gasteiger partial charge in [0.2, 0.25) is 6.41 Å². The predicted octanol–water partition coefficient (Wildman–Crippen LogP) is -2.13. The molecular formula is C5H12BrNO4. The molecule has 5 nitrogen and oxygen atoms in total. The van der Waals surface area contributed by atoms with Crippen LogP contribution in [0.1, 0.15) is 0 Å². The molecule has 0 radical (unpaired) electrons. The summed E-state index contributed by atoms with van der Waals surface area (Å²) in [7, 11) is 0. The van der Waals surface area contributed by atoms with Crippen molar-refractivity contribution >= 4 is 17.0 Å². The zero-order chi connectivity index (χ0) is 7.72. The Morgan fingerprint density at radius 3 is 1.64 bits per heavy atom. The minimum atomic E-state index is -1.58. The van der Waals surface area contributed by atoms with Crippen molar-refractivity contribution in [2.75, 3.05) is 13.1 Å². The molecule has 0 spiro atoms. The van der Waals surface area contributed by atoms with Crippen LogP contribution in [-0.4, -0.2) is 57.0 Å². The number of halogens is 1. The second-order valence-electron chi connectivity index (χ2n) is 2.44. The molecule has 0 amide bonds. The second kappa shape index (κ2) is 4.34. The van der Waals surface area contributed by atoms with Crippen molar-refractivity contribution in [1.29, 1.82) is 0 Å². The first-order valence-electron chi connectivity index (χ1n) is 3.07. The molecule has 2 atom stereocenters. The van der Waals surface area contributed by atoms with Gasteiger partial charge in [0, 0.05) is 13.1 Å². The van der Waals surface area contributed by atoms with Gasteiger partial charge in [-0.15, -0.1) is 17.0 Å². The van der Waals surface area contributed by atoms with Crippen LogP contribution < -0.4 is 0 Å². The molecule has 1 saturated heterocycles. The van der Waals surface area contributed by atoms with Gasteiger partial charge in [-0.3, -0.25) is 4.90 Å². The summed E-state index contributed by atoms with van der Waals surface area (Å²) >= 11 is 0. The van der Waals surface area contributed by atoms with Crippen LogP contribution >= 0.6 is 17.0 Å². The number of likely N-dealkylation sites (tertiary alicyclic amines) is 1. The van der Waals surface area contributed by atoms with Gasteiger partial charge in [-0.1, -0.05) is 0 Å². The highest BCUT2D eigenvalue weighted by Gasteiger charge is 2.32. The monoisotopic (exact) mass is 229 g/mol. The number of nitrogens with zero attached hydrogens (tertiary/aromatic N) is 1. The number of β-amino-alcohol motifs (C(OH)–C–C–N with tert-alkyl or cyclic N) is 2. The van der Waals surface area contributed by atoms with Crippen molar-refractivity contribution in [3.05, 3.63) is 0 Å². The van der Waals surface area contributed by atoms with Gasteiger partial charge in [-0.2, -0.15) is 0 Å². The van der Waals surface area contributed by atoms with E-state index in [0.29, 0.717) is 0 Å². The summed E-state index contributed by atoms with van der Waals surface area (Å²) in [5.41, 5.74) is 0. The fourth-order valence-electron chi connectivity index (χ4n) is 0.987. The number of hydrogen-bond donors (Lipinski definition) is 4. The van der Waals surface area contributed by atoms with Gasteiger partial charge >= 0.3 is 0 Å². The minimum Gasteiger partial charge on any atom is -0.389 e. The van der Waals surface area contributed by atoms with E-state index in [2.05, 4.69) is 0 Å². The lowest BCUT2D eigenvalue weighted by atomic mass is 10.3. The van der Waals surface area contributed by atoms with Crippen LogP contribution in [-0.2, 0) is 0 Å². The van der Waals surface area contributed by atoms with E-state index in [0.717, 1.165) is 0 Å². The van der Waals surface area contributed by atoms with Gasteiger partial charge in [-0.05, 0) is 0 Å². The molecule has 1 heterocycles. The van der Waals surface area contributed by atoms with Crippen molar-refractivity contribution in [3.63, 3.8) is 0 Å². The lowest BCUT2D eigenvalue weighted by Gasteiger charge is -2.15. The van der Waals surface area contributed by atoms with Crippen LogP contribution in [0.15, 0.2) is 0 Å². The summed E-state index contributed by atoms with van der Waals surface area (Å²) in [6.07, 6.45) is -3.30. The van der Waals surface area contributed by atoms with Crippen LogP contribution in [0.2, 0.25) is 0 Å². The summed E-state index contributed by atoms with van der Waals surface area (Å²) in [5, 5.41) is 34.9. The van der Waals surface area contributed by atoms with Gasteiger partial charge < -0.3 is 20.4 Å².